The predicted octanol–water partition coefficient (Wildman–Crippen LogP) is 3.56. The first-order valence-corrected chi connectivity index (χ1v) is 7.15. The number of hydrogen-bond acceptors (Lipinski definition) is 4. The van der Waals surface area contributed by atoms with Crippen molar-refractivity contribution >= 4 is 28.5 Å². The van der Waals surface area contributed by atoms with Gasteiger partial charge < -0.3 is 4.74 Å². The first kappa shape index (κ1) is 12.5. The van der Waals surface area contributed by atoms with E-state index in [0.717, 1.165) is 16.2 Å². The Kier molecular flexibility index (Phi) is 4.48. The number of carbonyl (C=O) groups is 1. The third kappa shape index (κ3) is 3.77. The minimum Gasteiger partial charge on any atom is -0.373 e. The second-order valence-corrected chi connectivity index (χ2v) is 6.04. The first-order valence-electron chi connectivity index (χ1n) is 5.45. The molecule has 2 aromatic heterocycles. The van der Waals surface area contributed by atoms with Gasteiger partial charge in [0.2, 0.25) is 0 Å². The van der Waals surface area contributed by atoms with Crippen LogP contribution in [-0.4, -0.2) is 19.0 Å². The molecule has 0 fully saturated rings. The summed E-state index contributed by atoms with van der Waals surface area (Å²) in [5.74, 6) is 0.0780. The Morgan fingerprint density at radius 2 is 2.24 bits per heavy atom. The molecule has 2 nitrogen and oxygen atoms in total. The lowest BCUT2D eigenvalue weighted by molar-refractivity contribution is 0.0770. The van der Waals surface area contributed by atoms with Crippen molar-refractivity contribution in [2.45, 2.75) is 13.3 Å². The SMILES string of the molecule is Cc1ccc(C(=O)COCCc2cccs2)s1. The molecule has 0 N–H and O–H groups in total. The van der Waals surface area contributed by atoms with Crippen LogP contribution in [0.4, 0.5) is 0 Å². The fourth-order valence-electron chi connectivity index (χ4n) is 1.45. The second-order valence-electron chi connectivity index (χ2n) is 3.72. The van der Waals surface area contributed by atoms with Crippen LogP contribution in [0.5, 0.6) is 0 Å². The zero-order valence-electron chi connectivity index (χ0n) is 9.64. The van der Waals surface area contributed by atoms with Crippen LogP contribution in [0.3, 0.4) is 0 Å². The van der Waals surface area contributed by atoms with Crippen molar-refractivity contribution in [2.75, 3.05) is 13.2 Å². The van der Waals surface area contributed by atoms with Crippen LogP contribution in [0.25, 0.3) is 0 Å². The molecule has 0 spiro atoms. The Bertz CT molecular complexity index is 471. The molecule has 0 unspecified atom stereocenters. The summed E-state index contributed by atoms with van der Waals surface area (Å²) < 4.78 is 5.40. The van der Waals surface area contributed by atoms with Gasteiger partial charge in [-0.3, -0.25) is 4.79 Å². The van der Waals surface area contributed by atoms with E-state index >= 15 is 0 Å². The molecule has 2 rings (SSSR count). The highest BCUT2D eigenvalue weighted by atomic mass is 32.1. The lowest BCUT2D eigenvalue weighted by Crippen LogP contribution is -2.09. The molecule has 0 aromatic carbocycles. The maximum atomic E-state index is 11.7. The van der Waals surface area contributed by atoms with Gasteiger partial charge in [-0.05, 0) is 30.5 Å². The largest absolute Gasteiger partial charge is 0.373 e. The van der Waals surface area contributed by atoms with Gasteiger partial charge in [-0.2, -0.15) is 0 Å². The summed E-state index contributed by atoms with van der Waals surface area (Å²) in [6, 6.07) is 7.94. The summed E-state index contributed by atoms with van der Waals surface area (Å²) >= 11 is 3.24. The highest BCUT2D eigenvalue weighted by Crippen LogP contribution is 2.15. The van der Waals surface area contributed by atoms with Gasteiger partial charge in [-0.25, -0.2) is 0 Å². The average Bonchev–Trinajstić information content (AvgIpc) is 2.95. The zero-order chi connectivity index (χ0) is 12.1. The van der Waals surface area contributed by atoms with Crippen molar-refractivity contribution in [2.24, 2.45) is 0 Å². The van der Waals surface area contributed by atoms with E-state index in [4.69, 9.17) is 4.74 Å². The van der Waals surface area contributed by atoms with Gasteiger partial charge in [0, 0.05) is 16.2 Å². The van der Waals surface area contributed by atoms with Crippen LogP contribution < -0.4 is 0 Å². The minimum atomic E-state index is 0.0780. The molecule has 0 aliphatic carbocycles. The zero-order valence-corrected chi connectivity index (χ0v) is 11.3. The summed E-state index contributed by atoms with van der Waals surface area (Å²) in [6.45, 7) is 2.79. The molecule has 0 bridgehead atoms. The highest BCUT2D eigenvalue weighted by Gasteiger charge is 2.07. The summed E-state index contributed by atoms with van der Waals surface area (Å²) in [5, 5.41) is 2.05. The van der Waals surface area contributed by atoms with E-state index in [1.807, 2.05) is 25.1 Å². The number of thiophene rings is 2. The van der Waals surface area contributed by atoms with Gasteiger partial charge in [0.1, 0.15) is 6.61 Å². The standard InChI is InChI=1S/C13H14O2S2/c1-10-4-5-13(17-10)12(14)9-15-7-6-11-3-2-8-16-11/h2-5,8H,6-7,9H2,1H3. The number of rotatable bonds is 6. The van der Waals surface area contributed by atoms with Crippen molar-refractivity contribution in [3.05, 3.63) is 44.3 Å². The van der Waals surface area contributed by atoms with Crippen LogP contribution in [-0.2, 0) is 11.2 Å². The van der Waals surface area contributed by atoms with E-state index in [-0.39, 0.29) is 12.4 Å². The van der Waals surface area contributed by atoms with Crippen LogP contribution in [0, 0.1) is 6.92 Å². The third-order valence-corrected chi connectivity index (χ3v) is 4.30. The molecule has 0 saturated heterocycles. The van der Waals surface area contributed by atoms with Gasteiger partial charge in [0.05, 0.1) is 11.5 Å². The second kappa shape index (κ2) is 6.10. The van der Waals surface area contributed by atoms with E-state index in [1.165, 1.54) is 16.2 Å². The number of ether oxygens (including phenoxy) is 1. The fourth-order valence-corrected chi connectivity index (χ4v) is 2.93. The maximum Gasteiger partial charge on any atom is 0.198 e. The van der Waals surface area contributed by atoms with Crippen LogP contribution in [0.15, 0.2) is 29.6 Å². The number of ketones is 1. The molecule has 2 heterocycles. The van der Waals surface area contributed by atoms with Crippen molar-refractivity contribution in [1.29, 1.82) is 0 Å². The monoisotopic (exact) mass is 266 g/mol. The summed E-state index contributed by atoms with van der Waals surface area (Å²) in [7, 11) is 0. The van der Waals surface area contributed by atoms with Crippen LogP contribution in [0.1, 0.15) is 19.4 Å². The Balaban J connectivity index is 1.70. The molecule has 0 saturated carbocycles. The van der Waals surface area contributed by atoms with Crippen molar-refractivity contribution in [1.82, 2.24) is 0 Å². The molecule has 90 valence electrons. The Morgan fingerprint density at radius 1 is 1.35 bits per heavy atom. The molecule has 0 radical (unpaired) electrons. The van der Waals surface area contributed by atoms with Gasteiger partial charge >= 0.3 is 0 Å². The Hall–Kier alpha value is -0.970. The van der Waals surface area contributed by atoms with Crippen LogP contribution in [0.2, 0.25) is 0 Å². The predicted molar refractivity (Wildman–Crippen MR) is 72.2 cm³/mol. The van der Waals surface area contributed by atoms with Crippen molar-refractivity contribution in [3.8, 4) is 0 Å². The third-order valence-electron chi connectivity index (χ3n) is 2.32. The molecular formula is C13H14O2S2. The lowest BCUT2D eigenvalue weighted by atomic mass is 10.3. The first-order chi connectivity index (χ1) is 8.25. The summed E-state index contributed by atoms with van der Waals surface area (Å²) in [4.78, 5) is 15.0. The van der Waals surface area contributed by atoms with E-state index < -0.39 is 0 Å². The molecule has 17 heavy (non-hydrogen) atoms. The van der Waals surface area contributed by atoms with Crippen molar-refractivity contribution < 1.29 is 9.53 Å². The van der Waals surface area contributed by atoms with Crippen molar-refractivity contribution in [3.63, 3.8) is 0 Å². The summed E-state index contributed by atoms with van der Waals surface area (Å²) in [5.41, 5.74) is 0. The Morgan fingerprint density at radius 3 is 2.88 bits per heavy atom. The lowest BCUT2D eigenvalue weighted by Gasteiger charge is -2.01. The molecule has 2 aromatic rings. The van der Waals surface area contributed by atoms with Gasteiger partial charge in [-0.1, -0.05) is 6.07 Å². The average molecular weight is 266 g/mol. The maximum absolute atomic E-state index is 11.7. The van der Waals surface area contributed by atoms with Gasteiger partial charge in [-0.15, -0.1) is 22.7 Å². The quantitative estimate of drug-likeness (QED) is 0.590. The smallest absolute Gasteiger partial charge is 0.198 e. The normalized spacial score (nSPS) is 10.6. The van der Waals surface area contributed by atoms with E-state index in [2.05, 4.69) is 11.4 Å². The Labute approximate surface area is 109 Å². The number of hydrogen-bond donors (Lipinski definition) is 0. The number of Topliss-reactive ketones (excluding diaryl/α,β-unsaturated/α-hetero) is 1. The van der Waals surface area contributed by atoms with Gasteiger partial charge in [0.15, 0.2) is 5.78 Å². The number of carbonyl (C=O) groups excluding carboxylic acids is 1. The summed E-state index contributed by atoms with van der Waals surface area (Å²) in [6.07, 6.45) is 0.883. The van der Waals surface area contributed by atoms with E-state index in [0.29, 0.717) is 6.61 Å². The van der Waals surface area contributed by atoms with Gasteiger partial charge in [0.25, 0.3) is 0 Å². The molecule has 0 aliphatic rings. The molecular weight excluding hydrogens is 252 g/mol. The van der Waals surface area contributed by atoms with E-state index in [1.54, 1.807) is 11.3 Å². The minimum absolute atomic E-state index is 0.0780. The topological polar surface area (TPSA) is 26.3 Å². The molecule has 0 aliphatic heterocycles. The molecule has 0 amide bonds. The highest BCUT2D eigenvalue weighted by molar-refractivity contribution is 7.14. The number of aryl methyl sites for hydroxylation is 1. The molecule has 0 atom stereocenters. The fraction of sp³-hybridized carbons (Fsp3) is 0.308. The van der Waals surface area contributed by atoms with E-state index in [9.17, 15) is 4.79 Å². The molecule has 4 heteroatoms. The van der Waals surface area contributed by atoms with Crippen LogP contribution >= 0.6 is 22.7 Å².